The van der Waals surface area contributed by atoms with Crippen molar-refractivity contribution in [3.63, 3.8) is 0 Å². The van der Waals surface area contributed by atoms with Crippen LogP contribution in [0.1, 0.15) is 5.56 Å². The van der Waals surface area contributed by atoms with Gasteiger partial charge in [0.25, 0.3) is 0 Å². The molecule has 2 aromatic rings. The maximum absolute atomic E-state index is 12.3. The summed E-state index contributed by atoms with van der Waals surface area (Å²) >= 11 is 0. The van der Waals surface area contributed by atoms with Gasteiger partial charge in [-0.05, 0) is 23.8 Å². The third kappa shape index (κ3) is 3.60. The SMILES string of the molecule is NS(=O)(=O)c1ccccc1N1CCN(C(=O)Cc2ccoc2)CC1. The van der Waals surface area contributed by atoms with Gasteiger partial charge in [0.2, 0.25) is 15.9 Å². The van der Waals surface area contributed by atoms with Crippen molar-refractivity contribution in [2.45, 2.75) is 11.3 Å². The van der Waals surface area contributed by atoms with E-state index in [-0.39, 0.29) is 10.8 Å². The second kappa shape index (κ2) is 6.66. The first-order valence-electron chi connectivity index (χ1n) is 7.61. The zero-order valence-electron chi connectivity index (χ0n) is 13.1. The summed E-state index contributed by atoms with van der Waals surface area (Å²) in [6, 6.07) is 8.44. The molecule has 0 bridgehead atoms. The molecule has 0 spiro atoms. The summed E-state index contributed by atoms with van der Waals surface area (Å²) < 4.78 is 28.4. The highest BCUT2D eigenvalue weighted by molar-refractivity contribution is 7.89. The number of nitrogens with two attached hydrogens (primary N) is 1. The standard InChI is InChI=1S/C16H19N3O4S/c17-24(21,22)15-4-2-1-3-14(15)18-6-8-19(9-7-18)16(20)11-13-5-10-23-12-13/h1-5,10,12H,6-9,11H2,(H2,17,21,22). The summed E-state index contributed by atoms with van der Waals surface area (Å²) in [5.41, 5.74) is 1.43. The molecule has 0 atom stereocenters. The number of piperazine rings is 1. The van der Waals surface area contributed by atoms with Gasteiger partial charge in [-0.1, -0.05) is 12.1 Å². The van der Waals surface area contributed by atoms with Crippen molar-refractivity contribution in [1.29, 1.82) is 0 Å². The highest BCUT2D eigenvalue weighted by Gasteiger charge is 2.24. The topological polar surface area (TPSA) is 96.9 Å². The Kier molecular flexibility index (Phi) is 4.59. The summed E-state index contributed by atoms with van der Waals surface area (Å²) in [6.45, 7) is 2.19. The van der Waals surface area contributed by atoms with Crippen LogP contribution in [-0.2, 0) is 21.2 Å². The average Bonchev–Trinajstić information content (AvgIpc) is 3.07. The minimum Gasteiger partial charge on any atom is -0.472 e. The first-order valence-corrected chi connectivity index (χ1v) is 9.15. The number of anilines is 1. The van der Waals surface area contributed by atoms with Crippen LogP contribution in [0.5, 0.6) is 0 Å². The number of sulfonamides is 1. The lowest BCUT2D eigenvalue weighted by atomic mass is 10.2. The fraction of sp³-hybridized carbons (Fsp3) is 0.312. The molecule has 7 nitrogen and oxygen atoms in total. The van der Waals surface area contributed by atoms with E-state index in [4.69, 9.17) is 9.56 Å². The van der Waals surface area contributed by atoms with Crippen molar-refractivity contribution in [1.82, 2.24) is 4.90 Å². The van der Waals surface area contributed by atoms with E-state index in [1.165, 1.54) is 6.07 Å². The Morgan fingerprint density at radius 1 is 1.12 bits per heavy atom. The first kappa shape index (κ1) is 16.5. The van der Waals surface area contributed by atoms with Gasteiger partial charge >= 0.3 is 0 Å². The van der Waals surface area contributed by atoms with Gasteiger partial charge in [-0.25, -0.2) is 13.6 Å². The monoisotopic (exact) mass is 349 g/mol. The number of carbonyl (C=O) groups excluding carboxylic acids is 1. The van der Waals surface area contributed by atoms with Crippen LogP contribution in [0.4, 0.5) is 5.69 Å². The quantitative estimate of drug-likeness (QED) is 0.881. The molecule has 2 N–H and O–H groups in total. The molecule has 1 aliphatic rings. The van der Waals surface area contributed by atoms with E-state index in [0.29, 0.717) is 38.3 Å². The molecule has 1 amide bonds. The van der Waals surface area contributed by atoms with Crippen molar-refractivity contribution in [3.05, 3.63) is 48.4 Å². The van der Waals surface area contributed by atoms with Gasteiger partial charge < -0.3 is 14.2 Å². The van der Waals surface area contributed by atoms with Crippen LogP contribution in [0.2, 0.25) is 0 Å². The van der Waals surface area contributed by atoms with Crippen LogP contribution in [0.25, 0.3) is 0 Å². The molecule has 128 valence electrons. The minimum atomic E-state index is -3.78. The number of furan rings is 1. The Hall–Kier alpha value is -2.32. The number of nitrogens with zero attached hydrogens (tertiary/aromatic N) is 2. The van der Waals surface area contributed by atoms with Gasteiger partial charge in [0.15, 0.2) is 0 Å². The highest BCUT2D eigenvalue weighted by Crippen LogP contribution is 2.25. The van der Waals surface area contributed by atoms with Gasteiger partial charge in [0.1, 0.15) is 4.90 Å². The number of para-hydroxylation sites is 1. The third-order valence-electron chi connectivity index (χ3n) is 4.08. The second-order valence-corrected chi connectivity index (χ2v) is 7.22. The number of benzene rings is 1. The maximum atomic E-state index is 12.3. The van der Waals surface area contributed by atoms with E-state index in [0.717, 1.165) is 5.56 Å². The van der Waals surface area contributed by atoms with Crippen LogP contribution < -0.4 is 10.0 Å². The predicted molar refractivity (Wildman–Crippen MR) is 89.0 cm³/mol. The molecule has 8 heteroatoms. The number of primary sulfonamides is 1. The molecule has 0 saturated carbocycles. The highest BCUT2D eigenvalue weighted by atomic mass is 32.2. The second-order valence-electron chi connectivity index (χ2n) is 5.69. The molecule has 24 heavy (non-hydrogen) atoms. The zero-order chi connectivity index (χ0) is 17.2. The van der Waals surface area contributed by atoms with Crippen LogP contribution >= 0.6 is 0 Å². The third-order valence-corrected chi connectivity index (χ3v) is 5.04. The molecule has 3 rings (SSSR count). The summed E-state index contributed by atoms with van der Waals surface area (Å²) in [6.07, 6.45) is 3.42. The average molecular weight is 349 g/mol. The van der Waals surface area contributed by atoms with Crippen LogP contribution in [0.3, 0.4) is 0 Å². The molecule has 1 saturated heterocycles. The van der Waals surface area contributed by atoms with Crippen molar-refractivity contribution >= 4 is 21.6 Å². The minimum absolute atomic E-state index is 0.0378. The molecule has 1 aliphatic heterocycles. The van der Waals surface area contributed by atoms with E-state index in [2.05, 4.69) is 0 Å². The lowest BCUT2D eigenvalue weighted by Gasteiger charge is -2.36. The summed E-state index contributed by atoms with van der Waals surface area (Å²) in [5.74, 6) is 0.0378. The molecule has 0 radical (unpaired) electrons. The van der Waals surface area contributed by atoms with Gasteiger partial charge in [0, 0.05) is 26.2 Å². The molecule has 2 heterocycles. The zero-order valence-corrected chi connectivity index (χ0v) is 13.9. The van der Waals surface area contributed by atoms with E-state index in [9.17, 15) is 13.2 Å². The van der Waals surface area contributed by atoms with Crippen molar-refractivity contribution < 1.29 is 17.6 Å². The normalized spacial score (nSPS) is 15.5. The van der Waals surface area contributed by atoms with Crippen LogP contribution in [0, 0.1) is 0 Å². The van der Waals surface area contributed by atoms with Crippen LogP contribution in [-0.4, -0.2) is 45.4 Å². The van der Waals surface area contributed by atoms with Gasteiger partial charge in [-0.15, -0.1) is 0 Å². The van der Waals surface area contributed by atoms with Crippen molar-refractivity contribution in [2.24, 2.45) is 5.14 Å². The molecule has 1 fully saturated rings. The molecular weight excluding hydrogens is 330 g/mol. The first-order chi connectivity index (χ1) is 11.4. The Morgan fingerprint density at radius 2 is 1.83 bits per heavy atom. The number of amides is 1. The fourth-order valence-corrected chi connectivity index (χ4v) is 3.59. The number of carbonyl (C=O) groups is 1. The van der Waals surface area contributed by atoms with Gasteiger partial charge in [-0.3, -0.25) is 4.79 Å². The Balaban J connectivity index is 1.67. The molecular formula is C16H19N3O4S. The Morgan fingerprint density at radius 3 is 2.46 bits per heavy atom. The number of hydrogen-bond donors (Lipinski definition) is 1. The van der Waals surface area contributed by atoms with E-state index in [1.54, 1.807) is 41.7 Å². The summed E-state index contributed by atoms with van der Waals surface area (Å²) in [4.78, 5) is 16.1. The molecule has 0 unspecified atom stereocenters. The fourth-order valence-electron chi connectivity index (χ4n) is 2.84. The van der Waals surface area contributed by atoms with E-state index < -0.39 is 10.0 Å². The van der Waals surface area contributed by atoms with Crippen molar-refractivity contribution in [2.75, 3.05) is 31.1 Å². The number of rotatable bonds is 4. The largest absolute Gasteiger partial charge is 0.472 e. The predicted octanol–water partition coefficient (Wildman–Crippen LogP) is 0.818. The Labute approximate surface area is 140 Å². The van der Waals surface area contributed by atoms with Gasteiger partial charge in [0.05, 0.1) is 24.6 Å². The Bertz CT molecular complexity index is 810. The smallest absolute Gasteiger partial charge is 0.240 e. The van der Waals surface area contributed by atoms with E-state index in [1.807, 2.05) is 4.90 Å². The maximum Gasteiger partial charge on any atom is 0.240 e. The lowest BCUT2D eigenvalue weighted by Crippen LogP contribution is -2.49. The lowest BCUT2D eigenvalue weighted by molar-refractivity contribution is -0.130. The van der Waals surface area contributed by atoms with E-state index >= 15 is 0 Å². The van der Waals surface area contributed by atoms with Crippen molar-refractivity contribution in [3.8, 4) is 0 Å². The van der Waals surface area contributed by atoms with Crippen LogP contribution in [0.15, 0.2) is 52.2 Å². The number of hydrogen-bond acceptors (Lipinski definition) is 5. The summed E-state index contributed by atoms with van der Waals surface area (Å²) in [7, 11) is -3.78. The molecule has 1 aromatic carbocycles. The van der Waals surface area contributed by atoms with Gasteiger partial charge in [-0.2, -0.15) is 0 Å². The summed E-state index contributed by atoms with van der Waals surface area (Å²) in [5, 5.41) is 5.29. The molecule has 0 aliphatic carbocycles. The molecule has 1 aromatic heterocycles.